The molecule has 5 rings (SSSR count). The molecule has 1 aliphatic rings. The van der Waals surface area contributed by atoms with E-state index in [0.717, 1.165) is 10.5 Å². The van der Waals surface area contributed by atoms with Crippen LogP contribution < -0.4 is 42.6 Å². The monoisotopic (exact) mass is 918 g/mol. The molecule has 4 amide bonds. The van der Waals surface area contributed by atoms with Crippen LogP contribution in [0, 0.1) is 0 Å². The average Bonchev–Trinajstić information content (AvgIpc) is 3.24. The van der Waals surface area contributed by atoms with Gasteiger partial charge in [-0.2, -0.15) is 0 Å². The summed E-state index contributed by atoms with van der Waals surface area (Å²) in [6.07, 6.45) is -0.923. The fourth-order valence-electron chi connectivity index (χ4n) is 6.93. The number of aliphatic hydroxyl groups excluding tert-OH is 1. The summed E-state index contributed by atoms with van der Waals surface area (Å²) >= 11 is 6.49. The number of nitrogens with one attached hydrogen (secondary N) is 3. The highest BCUT2D eigenvalue weighted by molar-refractivity contribution is 6.33. The number of hydrogen-bond acceptors (Lipinski definition) is 14. The normalized spacial score (nSPS) is 16.9. The number of amides is 4. The molecule has 0 fully saturated rings. The maximum Gasteiger partial charge on any atom is 0.326 e. The van der Waals surface area contributed by atoms with Crippen LogP contribution in [0.25, 0.3) is 22.4 Å². The first-order valence-corrected chi connectivity index (χ1v) is 21.0. The van der Waals surface area contributed by atoms with Crippen LogP contribution >= 0.6 is 11.6 Å². The summed E-state index contributed by atoms with van der Waals surface area (Å²) < 4.78 is 11.9. The lowest BCUT2D eigenvalue weighted by Crippen LogP contribution is -2.53. The van der Waals surface area contributed by atoms with E-state index >= 15 is 0 Å². The molecule has 0 aliphatic carbocycles. The zero-order chi connectivity index (χ0) is 47.9. The second-order valence-corrected chi connectivity index (χ2v) is 17.0. The van der Waals surface area contributed by atoms with Crippen molar-refractivity contribution in [3.8, 4) is 45.4 Å². The minimum atomic E-state index is -1.62. The number of carboxylic acid groups (broad SMARTS) is 1. The van der Waals surface area contributed by atoms with Crippen molar-refractivity contribution in [2.24, 2.45) is 11.5 Å². The Kier molecular flexibility index (Phi) is 15.9. The number of likely N-dealkylation sites (N-methyl/N-ethyl adjacent to an activating group) is 1. The molecule has 348 valence electrons. The average molecular weight is 919 g/mol. The third-order valence-electron chi connectivity index (χ3n) is 10.7. The van der Waals surface area contributed by atoms with Gasteiger partial charge in [0.25, 0.3) is 5.91 Å². The largest absolute Gasteiger partial charge is 0.507 e. The van der Waals surface area contributed by atoms with Gasteiger partial charge in [0, 0.05) is 42.4 Å². The van der Waals surface area contributed by atoms with Crippen molar-refractivity contribution in [1.29, 1.82) is 0 Å². The van der Waals surface area contributed by atoms with Gasteiger partial charge in [0.15, 0.2) is 11.5 Å². The highest BCUT2D eigenvalue weighted by Crippen LogP contribution is 2.45. The molecule has 1 aliphatic heterocycles. The van der Waals surface area contributed by atoms with Crippen molar-refractivity contribution >= 4 is 46.9 Å². The standard InChI is InChI=1S/C45H55ClN8O11/c1-22-41(59)53-32(44(62)63)14-23-7-10-34(64-12-6-11-47)28(13-23)29-15-24(16-35(39(29)58)65-21-26(55)19-48)38(43(61)51-22)54(5)36(57)20-50-42(60)37-30(49)18-31(52-40(37)46)27-9-8-25(17-33(27)56)45(2,3)4/h7-10,13,15-18,22,26,32,38,55-56,58H,6,11-12,14,19-21,47-48H2,1-5H3,(H2,49,52)(H,50,60)(H,51,61)(H,53,59)(H,62,63)/t22-,26+,32-,38-/m0/s1. The minimum absolute atomic E-state index is 0.0248. The first-order valence-electron chi connectivity index (χ1n) is 20.7. The number of rotatable bonds is 14. The van der Waals surface area contributed by atoms with Gasteiger partial charge in [-0.15, -0.1) is 0 Å². The van der Waals surface area contributed by atoms with Crippen LogP contribution in [0.3, 0.4) is 0 Å². The Bertz CT molecular complexity index is 2440. The molecule has 0 unspecified atom stereocenters. The number of nitrogen functional groups attached to an aromatic ring is 1. The van der Waals surface area contributed by atoms with Gasteiger partial charge >= 0.3 is 5.97 Å². The Labute approximate surface area is 380 Å². The van der Waals surface area contributed by atoms with E-state index in [-0.39, 0.29) is 81.0 Å². The van der Waals surface area contributed by atoms with Crippen molar-refractivity contribution in [3.05, 3.63) is 82.0 Å². The first kappa shape index (κ1) is 49.3. The molecule has 13 N–H and O–H groups in total. The topological polar surface area (TPSA) is 315 Å². The fraction of sp³-hybridized carbons (Fsp3) is 0.378. The van der Waals surface area contributed by atoms with Crippen LogP contribution in [0.5, 0.6) is 23.0 Å². The Morgan fingerprint density at radius 1 is 0.969 bits per heavy atom. The Hall–Kier alpha value is -6.67. The van der Waals surface area contributed by atoms with Gasteiger partial charge in [0.05, 0.1) is 24.4 Å². The molecule has 2 heterocycles. The van der Waals surface area contributed by atoms with Gasteiger partial charge < -0.3 is 68.0 Å². The lowest BCUT2D eigenvalue weighted by atomic mass is 9.86. The maximum absolute atomic E-state index is 14.4. The number of halogens is 1. The number of aromatic hydroxyl groups is 2. The van der Waals surface area contributed by atoms with Crippen LogP contribution in [0.1, 0.15) is 67.2 Å². The molecule has 0 saturated carbocycles. The summed E-state index contributed by atoms with van der Waals surface area (Å²) in [6, 6.07) is 9.41. The number of ether oxygens (including phenoxy) is 2. The molecule has 0 spiro atoms. The Morgan fingerprint density at radius 2 is 1.69 bits per heavy atom. The van der Waals surface area contributed by atoms with Crippen molar-refractivity contribution in [2.45, 2.75) is 70.2 Å². The van der Waals surface area contributed by atoms with Gasteiger partial charge in [0.2, 0.25) is 17.7 Å². The Morgan fingerprint density at radius 3 is 2.32 bits per heavy atom. The van der Waals surface area contributed by atoms with Crippen LogP contribution in [-0.4, -0.2) is 118 Å². The molecule has 65 heavy (non-hydrogen) atoms. The van der Waals surface area contributed by atoms with Crippen molar-refractivity contribution in [3.63, 3.8) is 0 Å². The molecule has 4 atom stereocenters. The molecule has 0 radical (unpaired) electrons. The number of fused-ring (bicyclic) bond motifs is 5. The molecule has 4 aromatic rings. The van der Waals surface area contributed by atoms with Crippen molar-refractivity contribution in [2.75, 3.05) is 45.6 Å². The fourth-order valence-corrected chi connectivity index (χ4v) is 7.21. The zero-order valence-corrected chi connectivity index (χ0v) is 37.4. The van der Waals surface area contributed by atoms with Crippen LogP contribution in [0.15, 0.2) is 54.6 Å². The third-order valence-corrected chi connectivity index (χ3v) is 10.9. The molecule has 20 heteroatoms. The van der Waals surface area contributed by atoms with Gasteiger partial charge in [0.1, 0.15) is 47.5 Å². The number of carbonyl (C=O) groups is 5. The molecule has 3 aromatic carbocycles. The number of carbonyl (C=O) groups excluding carboxylic acids is 4. The number of nitrogens with zero attached hydrogens (tertiary/aromatic N) is 2. The van der Waals surface area contributed by atoms with E-state index in [9.17, 15) is 44.4 Å². The summed E-state index contributed by atoms with van der Waals surface area (Å²) in [5.74, 6) is -5.42. The third kappa shape index (κ3) is 11.7. The summed E-state index contributed by atoms with van der Waals surface area (Å²) in [6.45, 7) is 6.44. The quantitative estimate of drug-likeness (QED) is 0.0641. The number of phenolic OH excluding ortho intramolecular Hbond substituents is 2. The van der Waals surface area contributed by atoms with E-state index in [0.29, 0.717) is 24.1 Å². The molecule has 19 nitrogen and oxygen atoms in total. The maximum atomic E-state index is 14.4. The van der Waals surface area contributed by atoms with Crippen molar-refractivity contribution in [1.82, 2.24) is 25.8 Å². The highest BCUT2D eigenvalue weighted by atomic mass is 35.5. The lowest BCUT2D eigenvalue weighted by Gasteiger charge is -2.30. The zero-order valence-electron chi connectivity index (χ0n) is 36.6. The lowest BCUT2D eigenvalue weighted by molar-refractivity contribution is -0.142. The van der Waals surface area contributed by atoms with E-state index < -0.39 is 72.7 Å². The van der Waals surface area contributed by atoms with Crippen LogP contribution in [0.2, 0.25) is 5.15 Å². The SMILES string of the molecule is C[C@@H]1NC(=O)[C@@H](N(C)C(=O)CNC(=O)c2c(N)cc(-c3ccc(C(C)(C)C)cc3O)nc2Cl)c2cc(OC[C@H](O)CN)c(O)c(c2)-c2cc(ccc2OCCCN)C[C@@H](C(=O)O)NC1=O. The number of aliphatic carboxylic acids is 1. The smallest absolute Gasteiger partial charge is 0.326 e. The summed E-state index contributed by atoms with van der Waals surface area (Å²) in [7, 11) is 1.26. The number of nitrogens with two attached hydrogens (primary N) is 3. The van der Waals surface area contributed by atoms with Crippen LogP contribution in [-0.2, 0) is 31.0 Å². The summed E-state index contributed by atoms with van der Waals surface area (Å²) in [4.78, 5) is 73.1. The van der Waals surface area contributed by atoms with Gasteiger partial charge in [-0.05, 0) is 84.5 Å². The molecule has 0 saturated heterocycles. The molecule has 1 aromatic heterocycles. The van der Waals surface area contributed by atoms with Crippen molar-refractivity contribution < 1.29 is 53.9 Å². The number of benzene rings is 3. The van der Waals surface area contributed by atoms with Gasteiger partial charge in [-0.3, -0.25) is 19.2 Å². The van der Waals surface area contributed by atoms with Crippen LogP contribution in [0.4, 0.5) is 5.69 Å². The first-order chi connectivity index (χ1) is 30.6. The second kappa shape index (κ2) is 20.9. The molecular weight excluding hydrogens is 864 g/mol. The Balaban J connectivity index is 1.55. The number of anilines is 1. The predicted octanol–water partition coefficient (Wildman–Crippen LogP) is 2.35. The molecular formula is C45H55ClN8O11. The number of hydrogen-bond donors (Lipinski definition) is 10. The number of phenols is 2. The van der Waals surface area contributed by atoms with E-state index in [1.165, 1.54) is 32.2 Å². The number of aliphatic hydroxyl groups is 1. The number of carboxylic acids is 1. The predicted molar refractivity (Wildman–Crippen MR) is 241 cm³/mol. The summed E-state index contributed by atoms with van der Waals surface area (Å²) in [5, 5.41) is 50.1. The van der Waals surface area contributed by atoms with Gasteiger partial charge in [-0.25, -0.2) is 9.78 Å². The number of pyridine rings is 1. The van der Waals surface area contributed by atoms with E-state index in [1.807, 2.05) is 26.8 Å². The molecule has 4 bridgehead atoms. The number of aromatic nitrogens is 1. The minimum Gasteiger partial charge on any atom is -0.507 e. The highest BCUT2D eigenvalue weighted by Gasteiger charge is 2.35. The second-order valence-electron chi connectivity index (χ2n) is 16.6. The van der Waals surface area contributed by atoms with E-state index in [1.54, 1.807) is 30.3 Å². The van der Waals surface area contributed by atoms with E-state index in [4.69, 9.17) is 38.3 Å². The summed E-state index contributed by atoms with van der Waals surface area (Å²) in [5.41, 5.74) is 19.1. The van der Waals surface area contributed by atoms with E-state index in [2.05, 4.69) is 20.9 Å². The van der Waals surface area contributed by atoms with Gasteiger partial charge in [-0.1, -0.05) is 44.5 Å².